The van der Waals surface area contributed by atoms with Crippen LogP contribution in [0.2, 0.25) is 0 Å². The summed E-state index contributed by atoms with van der Waals surface area (Å²) in [6, 6.07) is 7.14. The minimum absolute atomic E-state index is 0.244. The molecule has 0 unspecified atom stereocenters. The van der Waals surface area contributed by atoms with E-state index in [1.807, 2.05) is 26.0 Å². The molecule has 1 aromatic heterocycles. The zero-order valence-corrected chi connectivity index (χ0v) is 12.5. The summed E-state index contributed by atoms with van der Waals surface area (Å²) in [7, 11) is 1.58. The number of methoxy groups -OCH3 is 1. The van der Waals surface area contributed by atoms with Crippen molar-refractivity contribution < 1.29 is 13.9 Å². The number of nitrogens with one attached hydrogen (secondary N) is 1. The molecule has 0 spiro atoms. The van der Waals surface area contributed by atoms with Crippen LogP contribution in [0.1, 0.15) is 21.7 Å². The third kappa shape index (κ3) is 2.98. The molecule has 2 rings (SSSR count). The molecule has 0 saturated heterocycles. The van der Waals surface area contributed by atoms with Gasteiger partial charge in [-0.3, -0.25) is 4.79 Å². The number of hydrogen-bond acceptors (Lipinski definition) is 3. The normalized spacial score (nSPS) is 10.3. The lowest BCUT2D eigenvalue weighted by Gasteiger charge is -2.13. The average molecular weight is 324 g/mol. The van der Waals surface area contributed by atoms with Crippen LogP contribution in [-0.4, -0.2) is 13.0 Å². The number of furan rings is 1. The lowest BCUT2D eigenvalue weighted by Crippen LogP contribution is -2.13. The zero-order chi connectivity index (χ0) is 14.0. The first-order chi connectivity index (χ1) is 9.01. The van der Waals surface area contributed by atoms with Gasteiger partial charge in [0.1, 0.15) is 5.75 Å². The molecule has 2 aromatic rings. The maximum Gasteiger partial charge on any atom is 0.291 e. The minimum atomic E-state index is -0.309. The molecule has 1 aromatic carbocycles. The molecule has 19 heavy (non-hydrogen) atoms. The third-order valence-electron chi connectivity index (χ3n) is 2.70. The van der Waals surface area contributed by atoms with Crippen molar-refractivity contribution in [3.8, 4) is 5.75 Å². The SMILES string of the molecule is COc1cc(C)cc(C)c1NC(=O)c1ccc(Br)o1. The second kappa shape index (κ2) is 5.48. The van der Waals surface area contributed by atoms with Crippen molar-refractivity contribution in [2.45, 2.75) is 13.8 Å². The first kappa shape index (κ1) is 13.7. The van der Waals surface area contributed by atoms with E-state index >= 15 is 0 Å². The Morgan fingerprint density at radius 1 is 1.32 bits per heavy atom. The Bertz CT molecular complexity index is 619. The van der Waals surface area contributed by atoms with Gasteiger partial charge in [0.05, 0.1) is 12.8 Å². The Morgan fingerprint density at radius 3 is 2.63 bits per heavy atom. The van der Waals surface area contributed by atoms with Crippen LogP contribution < -0.4 is 10.1 Å². The fourth-order valence-corrected chi connectivity index (χ4v) is 2.17. The lowest BCUT2D eigenvalue weighted by molar-refractivity contribution is 0.0995. The van der Waals surface area contributed by atoms with Crippen LogP contribution in [0.5, 0.6) is 5.75 Å². The number of amides is 1. The van der Waals surface area contributed by atoms with Gasteiger partial charge < -0.3 is 14.5 Å². The van der Waals surface area contributed by atoms with Gasteiger partial charge in [0.25, 0.3) is 5.91 Å². The Labute approximate surface area is 119 Å². The summed E-state index contributed by atoms with van der Waals surface area (Å²) in [4.78, 5) is 12.1. The minimum Gasteiger partial charge on any atom is -0.495 e. The molecule has 1 N–H and O–H groups in total. The summed E-state index contributed by atoms with van der Waals surface area (Å²) in [5.74, 6) is 0.571. The highest BCUT2D eigenvalue weighted by Crippen LogP contribution is 2.30. The maximum atomic E-state index is 12.1. The number of hydrogen-bond donors (Lipinski definition) is 1. The van der Waals surface area contributed by atoms with Crippen LogP contribution in [0.25, 0.3) is 0 Å². The molecule has 0 fully saturated rings. The Hall–Kier alpha value is -1.75. The number of benzene rings is 1. The summed E-state index contributed by atoms with van der Waals surface area (Å²) in [6.07, 6.45) is 0. The van der Waals surface area contributed by atoms with Gasteiger partial charge in [-0.05, 0) is 59.1 Å². The van der Waals surface area contributed by atoms with Crippen molar-refractivity contribution in [3.63, 3.8) is 0 Å². The maximum absolute atomic E-state index is 12.1. The summed E-state index contributed by atoms with van der Waals surface area (Å²) >= 11 is 3.17. The van der Waals surface area contributed by atoms with Crippen molar-refractivity contribution >= 4 is 27.5 Å². The first-order valence-corrected chi connectivity index (χ1v) is 6.52. The monoisotopic (exact) mass is 323 g/mol. The molecule has 0 aliphatic heterocycles. The highest BCUT2D eigenvalue weighted by Gasteiger charge is 2.15. The molecule has 4 nitrogen and oxygen atoms in total. The molecule has 0 radical (unpaired) electrons. The number of carbonyl (C=O) groups is 1. The fraction of sp³-hybridized carbons (Fsp3) is 0.214. The van der Waals surface area contributed by atoms with E-state index in [9.17, 15) is 4.79 Å². The van der Waals surface area contributed by atoms with Gasteiger partial charge in [0.2, 0.25) is 0 Å². The highest BCUT2D eigenvalue weighted by atomic mass is 79.9. The second-order valence-electron chi connectivity index (χ2n) is 4.22. The van der Waals surface area contributed by atoms with Crippen LogP contribution >= 0.6 is 15.9 Å². The van der Waals surface area contributed by atoms with E-state index in [4.69, 9.17) is 9.15 Å². The molecule has 0 aliphatic carbocycles. The molecule has 100 valence electrons. The predicted molar refractivity (Wildman–Crippen MR) is 76.8 cm³/mol. The molecule has 0 atom stereocenters. The zero-order valence-electron chi connectivity index (χ0n) is 10.9. The Kier molecular flexibility index (Phi) is 3.95. The van der Waals surface area contributed by atoms with E-state index in [1.165, 1.54) is 0 Å². The van der Waals surface area contributed by atoms with Crippen molar-refractivity contribution in [2.24, 2.45) is 0 Å². The van der Waals surface area contributed by atoms with Crippen molar-refractivity contribution in [1.29, 1.82) is 0 Å². The summed E-state index contributed by atoms with van der Waals surface area (Å²) in [5, 5.41) is 2.81. The summed E-state index contributed by atoms with van der Waals surface area (Å²) in [6.45, 7) is 3.90. The molecule has 1 heterocycles. The van der Waals surface area contributed by atoms with Crippen molar-refractivity contribution in [3.05, 3.63) is 45.8 Å². The van der Waals surface area contributed by atoms with Crippen LogP contribution in [-0.2, 0) is 0 Å². The van der Waals surface area contributed by atoms with Crippen molar-refractivity contribution in [1.82, 2.24) is 0 Å². The van der Waals surface area contributed by atoms with Crippen LogP contribution in [0.3, 0.4) is 0 Å². The number of aryl methyl sites for hydroxylation is 2. The average Bonchev–Trinajstić information content (AvgIpc) is 2.78. The Morgan fingerprint density at radius 2 is 2.05 bits per heavy atom. The number of anilines is 1. The largest absolute Gasteiger partial charge is 0.495 e. The van der Waals surface area contributed by atoms with Gasteiger partial charge >= 0.3 is 0 Å². The third-order valence-corrected chi connectivity index (χ3v) is 3.13. The molecule has 0 bridgehead atoms. The number of rotatable bonds is 3. The van der Waals surface area contributed by atoms with Gasteiger partial charge in [0, 0.05) is 0 Å². The molecular formula is C14H14BrNO3. The quantitative estimate of drug-likeness (QED) is 0.931. The van der Waals surface area contributed by atoms with Crippen LogP contribution in [0.4, 0.5) is 5.69 Å². The fourth-order valence-electron chi connectivity index (χ4n) is 1.86. The standard InChI is InChI=1S/C14H14BrNO3/c1-8-6-9(2)13(11(7-8)18-3)16-14(17)10-4-5-12(15)19-10/h4-7H,1-3H3,(H,16,17). The first-order valence-electron chi connectivity index (χ1n) is 5.73. The number of ether oxygens (including phenoxy) is 1. The van der Waals surface area contributed by atoms with Gasteiger partial charge in [-0.15, -0.1) is 0 Å². The van der Waals surface area contributed by atoms with Crippen molar-refractivity contribution in [2.75, 3.05) is 12.4 Å². The van der Waals surface area contributed by atoms with E-state index in [-0.39, 0.29) is 11.7 Å². The van der Waals surface area contributed by atoms with Gasteiger partial charge in [0.15, 0.2) is 10.4 Å². The van der Waals surface area contributed by atoms with Gasteiger partial charge in [-0.2, -0.15) is 0 Å². The lowest BCUT2D eigenvalue weighted by atomic mass is 10.1. The van der Waals surface area contributed by atoms with E-state index in [0.29, 0.717) is 16.1 Å². The molecular weight excluding hydrogens is 310 g/mol. The summed E-state index contributed by atoms with van der Waals surface area (Å²) in [5.41, 5.74) is 2.68. The van der Waals surface area contributed by atoms with E-state index in [2.05, 4.69) is 21.2 Å². The molecule has 1 amide bonds. The van der Waals surface area contributed by atoms with E-state index in [0.717, 1.165) is 11.1 Å². The van der Waals surface area contributed by atoms with E-state index in [1.54, 1.807) is 19.2 Å². The second-order valence-corrected chi connectivity index (χ2v) is 5.00. The summed E-state index contributed by atoms with van der Waals surface area (Å²) < 4.78 is 11.0. The molecule has 0 aliphatic rings. The van der Waals surface area contributed by atoms with Gasteiger partial charge in [-0.25, -0.2) is 0 Å². The Balaban J connectivity index is 2.31. The van der Waals surface area contributed by atoms with Crippen LogP contribution in [0, 0.1) is 13.8 Å². The van der Waals surface area contributed by atoms with Crippen LogP contribution in [0.15, 0.2) is 33.4 Å². The smallest absolute Gasteiger partial charge is 0.291 e. The number of halogens is 1. The predicted octanol–water partition coefficient (Wildman–Crippen LogP) is 3.92. The highest BCUT2D eigenvalue weighted by molar-refractivity contribution is 9.10. The van der Waals surface area contributed by atoms with E-state index < -0.39 is 0 Å². The topological polar surface area (TPSA) is 51.5 Å². The number of carbonyl (C=O) groups excluding carboxylic acids is 1. The molecule has 0 saturated carbocycles. The van der Waals surface area contributed by atoms with Gasteiger partial charge in [-0.1, -0.05) is 6.07 Å². The molecule has 5 heteroatoms.